The number of anilines is 1. The van der Waals surface area contributed by atoms with Crippen LogP contribution in [0.15, 0.2) is 18.2 Å². The maximum absolute atomic E-state index is 11.9. The van der Waals surface area contributed by atoms with E-state index in [-0.39, 0.29) is 18.4 Å². The topological polar surface area (TPSA) is 84.2 Å². The van der Waals surface area contributed by atoms with Gasteiger partial charge in [-0.1, -0.05) is 13.8 Å². The Labute approximate surface area is 113 Å². The summed E-state index contributed by atoms with van der Waals surface area (Å²) in [6.07, 6.45) is 0. The molecular weight excluding hydrogens is 242 g/mol. The van der Waals surface area contributed by atoms with E-state index in [4.69, 9.17) is 5.73 Å². The largest absolute Gasteiger partial charge is 0.399 e. The van der Waals surface area contributed by atoms with E-state index in [2.05, 4.69) is 10.6 Å². The number of hydrogen-bond donors (Lipinski definition) is 3. The number of nitrogen functional groups attached to an aromatic ring is 1. The number of benzene rings is 1. The summed E-state index contributed by atoms with van der Waals surface area (Å²) < 4.78 is 0. The second-order valence-corrected chi connectivity index (χ2v) is 4.95. The molecule has 0 radical (unpaired) electrons. The van der Waals surface area contributed by atoms with E-state index in [0.717, 1.165) is 5.56 Å². The third-order valence-corrected chi connectivity index (χ3v) is 2.61. The Morgan fingerprint density at radius 1 is 1.26 bits per heavy atom. The van der Waals surface area contributed by atoms with E-state index in [0.29, 0.717) is 23.7 Å². The molecule has 0 aliphatic rings. The van der Waals surface area contributed by atoms with Gasteiger partial charge in [0, 0.05) is 17.8 Å². The molecule has 1 aromatic rings. The number of nitrogens with one attached hydrogen (secondary N) is 2. The summed E-state index contributed by atoms with van der Waals surface area (Å²) in [6.45, 7) is 6.42. The first-order chi connectivity index (χ1) is 8.90. The van der Waals surface area contributed by atoms with Gasteiger partial charge in [-0.2, -0.15) is 0 Å². The predicted octanol–water partition coefficient (Wildman–Crippen LogP) is 1.08. The monoisotopic (exact) mass is 263 g/mol. The summed E-state index contributed by atoms with van der Waals surface area (Å²) in [5.74, 6) is -0.0636. The molecule has 0 heterocycles. The van der Waals surface area contributed by atoms with E-state index < -0.39 is 0 Å². The first kappa shape index (κ1) is 15.0. The number of rotatable bonds is 5. The van der Waals surface area contributed by atoms with E-state index in [9.17, 15) is 9.59 Å². The van der Waals surface area contributed by atoms with Crippen LogP contribution in [0.2, 0.25) is 0 Å². The molecule has 104 valence electrons. The first-order valence-electron chi connectivity index (χ1n) is 6.31. The maximum Gasteiger partial charge on any atom is 0.251 e. The maximum atomic E-state index is 11.9. The van der Waals surface area contributed by atoms with Gasteiger partial charge in [0.25, 0.3) is 5.91 Å². The summed E-state index contributed by atoms with van der Waals surface area (Å²) >= 11 is 0. The average molecular weight is 263 g/mol. The zero-order valence-electron chi connectivity index (χ0n) is 11.6. The molecule has 2 amide bonds. The van der Waals surface area contributed by atoms with Crippen molar-refractivity contribution < 1.29 is 9.59 Å². The van der Waals surface area contributed by atoms with Crippen LogP contribution in [0.5, 0.6) is 0 Å². The Kier molecular flexibility index (Phi) is 5.36. The Bertz CT molecular complexity index is 470. The van der Waals surface area contributed by atoms with Gasteiger partial charge in [-0.25, -0.2) is 0 Å². The van der Waals surface area contributed by atoms with Crippen molar-refractivity contribution >= 4 is 17.5 Å². The molecule has 0 bridgehead atoms. The van der Waals surface area contributed by atoms with E-state index in [1.165, 1.54) is 0 Å². The van der Waals surface area contributed by atoms with Crippen molar-refractivity contribution in [3.05, 3.63) is 29.3 Å². The number of amides is 2. The van der Waals surface area contributed by atoms with Gasteiger partial charge in [-0.3, -0.25) is 9.59 Å². The van der Waals surface area contributed by atoms with Gasteiger partial charge in [-0.05, 0) is 36.6 Å². The molecule has 0 aliphatic carbocycles. The van der Waals surface area contributed by atoms with Gasteiger partial charge in [0.05, 0.1) is 6.54 Å². The number of hydrogen-bond acceptors (Lipinski definition) is 3. The SMILES string of the molecule is Cc1cc(N)ccc1C(=O)NCC(=O)NCC(C)C. The molecule has 0 atom stereocenters. The third-order valence-electron chi connectivity index (χ3n) is 2.61. The molecule has 0 aromatic heterocycles. The van der Waals surface area contributed by atoms with Gasteiger partial charge in [0.1, 0.15) is 0 Å². The van der Waals surface area contributed by atoms with Crippen LogP contribution in [0.1, 0.15) is 29.8 Å². The van der Waals surface area contributed by atoms with Crippen LogP contribution >= 0.6 is 0 Å². The molecule has 5 heteroatoms. The van der Waals surface area contributed by atoms with Crippen LogP contribution in [0.3, 0.4) is 0 Å². The summed E-state index contributed by atoms with van der Waals surface area (Å²) in [4.78, 5) is 23.4. The van der Waals surface area contributed by atoms with Gasteiger partial charge in [-0.15, -0.1) is 0 Å². The van der Waals surface area contributed by atoms with Crippen LogP contribution in [0.25, 0.3) is 0 Å². The molecule has 19 heavy (non-hydrogen) atoms. The van der Waals surface area contributed by atoms with Gasteiger partial charge in [0.15, 0.2) is 0 Å². The molecule has 0 saturated carbocycles. The smallest absolute Gasteiger partial charge is 0.251 e. The normalized spacial score (nSPS) is 10.3. The molecule has 0 fully saturated rings. The Morgan fingerprint density at radius 3 is 2.53 bits per heavy atom. The van der Waals surface area contributed by atoms with Crippen LogP contribution in [0, 0.1) is 12.8 Å². The minimum Gasteiger partial charge on any atom is -0.399 e. The molecule has 0 aliphatic heterocycles. The second-order valence-electron chi connectivity index (χ2n) is 4.95. The molecule has 0 spiro atoms. The van der Waals surface area contributed by atoms with Gasteiger partial charge >= 0.3 is 0 Å². The molecular formula is C14H21N3O2. The lowest BCUT2D eigenvalue weighted by molar-refractivity contribution is -0.120. The first-order valence-corrected chi connectivity index (χ1v) is 6.31. The Hall–Kier alpha value is -2.04. The van der Waals surface area contributed by atoms with Crippen LogP contribution in [0.4, 0.5) is 5.69 Å². The number of carbonyl (C=O) groups is 2. The molecule has 4 N–H and O–H groups in total. The van der Waals surface area contributed by atoms with E-state index in [1.54, 1.807) is 18.2 Å². The Morgan fingerprint density at radius 2 is 1.95 bits per heavy atom. The fourth-order valence-corrected chi connectivity index (χ4v) is 1.58. The predicted molar refractivity (Wildman–Crippen MR) is 75.8 cm³/mol. The van der Waals surface area contributed by atoms with Crippen molar-refractivity contribution in [2.75, 3.05) is 18.8 Å². The molecule has 1 rings (SSSR count). The summed E-state index contributed by atoms with van der Waals surface area (Å²) in [7, 11) is 0. The van der Waals surface area contributed by atoms with Crippen LogP contribution in [-0.4, -0.2) is 24.9 Å². The number of aryl methyl sites for hydroxylation is 1. The summed E-state index contributed by atoms with van der Waals surface area (Å²) in [5.41, 5.74) is 7.56. The summed E-state index contributed by atoms with van der Waals surface area (Å²) in [6, 6.07) is 5.06. The third kappa shape index (κ3) is 4.99. The Balaban J connectivity index is 2.49. The second kappa shape index (κ2) is 6.78. The van der Waals surface area contributed by atoms with Gasteiger partial charge < -0.3 is 16.4 Å². The van der Waals surface area contributed by atoms with Crippen LogP contribution in [-0.2, 0) is 4.79 Å². The van der Waals surface area contributed by atoms with Crippen molar-refractivity contribution in [2.45, 2.75) is 20.8 Å². The molecule has 1 aromatic carbocycles. The minimum absolute atomic E-state index is 0.0185. The fraction of sp³-hybridized carbons (Fsp3) is 0.429. The van der Waals surface area contributed by atoms with Crippen molar-refractivity contribution in [3.63, 3.8) is 0 Å². The highest BCUT2D eigenvalue weighted by molar-refractivity contribution is 5.97. The zero-order chi connectivity index (χ0) is 14.4. The zero-order valence-corrected chi connectivity index (χ0v) is 11.6. The highest BCUT2D eigenvalue weighted by Crippen LogP contribution is 2.11. The summed E-state index contributed by atoms with van der Waals surface area (Å²) in [5, 5.41) is 5.33. The van der Waals surface area contributed by atoms with E-state index in [1.807, 2.05) is 20.8 Å². The lowest BCUT2D eigenvalue weighted by Gasteiger charge is -2.10. The highest BCUT2D eigenvalue weighted by atomic mass is 16.2. The average Bonchev–Trinajstić information content (AvgIpc) is 2.33. The highest BCUT2D eigenvalue weighted by Gasteiger charge is 2.10. The standard InChI is InChI=1S/C14H21N3O2/c1-9(2)7-16-13(18)8-17-14(19)12-5-4-11(15)6-10(12)3/h4-6,9H,7-8,15H2,1-3H3,(H,16,18)(H,17,19). The molecule has 5 nitrogen and oxygen atoms in total. The van der Waals surface area contributed by atoms with E-state index >= 15 is 0 Å². The van der Waals surface area contributed by atoms with Crippen molar-refractivity contribution in [3.8, 4) is 0 Å². The van der Waals surface area contributed by atoms with Crippen molar-refractivity contribution in [2.24, 2.45) is 5.92 Å². The van der Waals surface area contributed by atoms with Crippen molar-refractivity contribution in [1.82, 2.24) is 10.6 Å². The lowest BCUT2D eigenvalue weighted by Crippen LogP contribution is -2.38. The minimum atomic E-state index is -0.266. The van der Waals surface area contributed by atoms with Gasteiger partial charge in [0.2, 0.25) is 5.91 Å². The molecule has 0 saturated heterocycles. The number of carbonyl (C=O) groups excluding carboxylic acids is 2. The lowest BCUT2D eigenvalue weighted by atomic mass is 10.1. The molecule has 0 unspecified atom stereocenters. The van der Waals surface area contributed by atoms with Crippen molar-refractivity contribution in [1.29, 1.82) is 0 Å². The fourth-order valence-electron chi connectivity index (χ4n) is 1.58. The van der Waals surface area contributed by atoms with Crippen LogP contribution < -0.4 is 16.4 Å². The quantitative estimate of drug-likeness (QED) is 0.695. The number of nitrogens with two attached hydrogens (primary N) is 1.